The first-order valence-corrected chi connectivity index (χ1v) is 5.97. The Morgan fingerprint density at radius 1 is 1.12 bits per heavy atom. The highest BCUT2D eigenvalue weighted by atomic mass is 16.5. The zero-order chi connectivity index (χ0) is 12.8. The second-order valence-electron chi connectivity index (χ2n) is 4.60. The zero-order valence-electron chi connectivity index (χ0n) is 11.0. The molecule has 2 atom stereocenters. The maximum Gasteiger partial charge on any atom is 0.118 e. The summed E-state index contributed by atoms with van der Waals surface area (Å²) in [6.07, 6.45) is -0.578. The van der Waals surface area contributed by atoms with Crippen molar-refractivity contribution in [3.8, 4) is 5.75 Å². The molecule has 3 heteroatoms. The Bertz CT molecular complexity index is 319. The van der Waals surface area contributed by atoms with Gasteiger partial charge in [0.05, 0.1) is 25.9 Å². The van der Waals surface area contributed by atoms with Crippen LogP contribution in [-0.4, -0.2) is 24.4 Å². The van der Waals surface area contributed by atoms with Crippen LogP contribution in [0.1, 0.15) is 26.3 Å². The van der Waals surface area contributed by atoms with Crippen LogP contribution < -0.4 is 4.74 Å². The van der Waals surface area contributed by atoms with Crippen molar-refractivity contribution in [2.24, 2.45) is 5.92 Å². The molecule has 3 nitrogen and oxygen atoms in total. The van der Waals surface area contributed by atoms with Gasteiger partial charge < -0.3 is 14.6 Å². The van der Waals surface area contributed by atoms with Crippen LogP contribution in [0.2, 0.25) is 0 Å². The summed E-state index contributed by atoms with van der Waals surface area (Å²) in [6.45, 7) is 6.37. The molecule has 96 valence electrons. The topological polar surface area (TPSA) is 38.7 Å². The molecule has 0 fully saturated rings. The Morgan fingerprint density at radius 2 is 1.71 bits per heavy atom. The fourth-order valence-electron chi connectivity index (χ4n) is 1.59. The van der Waals surface area contributed by atoms with Crippen molar-refractivity contribution in [3.63, 3.8) is 0 Å². The Hall–Kier alpha value is -1.06. The lowest BCUT2D eigenvalue weighted by Gasteiger charge is -2.22. The third-order valence-corrected chi connectivity index (χ3v) is 2.84. The van der Waals surface area contributed by atoms with Gasteiger partial charge in [-0.2, -0.15) is 0 Å². The van der Waals surface area contributed by atoms with Crippen LogP contribution in [-0.2, 0) is 11.3 Å². The van der Waals surface area contributed by atoms with E-state index in [0.717, 1.165) is 11.3 Å². The Kier molecular flexibility index (Phi) is 5.45. The first kappa shape index (κ1) is 14.0. The van der Waals surface area contributed by atoms with E-state index in [1.54, 1.807) is 7.11 Å². The molecular weight excluding hydrogens is 216 g/mol. The lowest BCUT2D eigenvalue weighted by molar-refractivity contribution is -0.0533. The van der Waals surface area contributed by atoms with Crippen LogP contribution in [0.15, 0.2) is 24.3 Å². The van der Waals surface area contributed by atoms with Gasteiger partial charge in [0.25, 0.3) is 0 Å². The number of aliphatic hydroxyl groups is 1. The van der Waals surface area contributed by atoms with E-state index in [4.69, 9.17) is 9.47 Å². The monoisotopic (exact) mass is 238 g/mol. The third kappa shape index (κ3) is 4.36. The molecule has 0 heterocycles. The number of hydrogen-bond donors (Lipinski definition) is 1. The lowest BCUT2D eigenvalue weighted by atomic mass is 10.0. The molecule has 1 rings (SSSR count). The van der Waals surface area contributed by atoms with Crippen LogP contribution in [0.3, 0.4) is 0 Å². The predicted molar refractivity (Wildman–Crippen MR) is 68.1 cm³/mol. The van der Waals surface area contributed by atoms with E-state index in [-0.39, 0.29) is 12.0 Å². The molecule has 0 aliphatic rings. The van der Waals surface area contributed by atoms with Gasteiger partial charge in [-0.05, 0) is 30.5 Å². The average molecular weight is 238 g/mol. The van der Waals surface area contributed by atoms with Crippen molar-refractivity contribution in [2.75, 3.05) is 7.11 Å². The summed E-state index contributed by atoms with van der Waals surface area (Å²) in [7, 11) is 1.65. The molecule has 1 N–H and O–H groups in total. The Morgan fingerprint density at radius 3 is 2.18 bits per heavy atom. The maximum absolute atomic E-state index is 9.81. The maximum atomic E-state index is 9.81. The van der Waals surface area contributed by atoms with E-state index in [2.05, 4.69) is 0 Å². The molecule has 2 unspecified atom stereocenters. The van der Waals surface area contributed by atoms with Crippen molar-refractivity contribution >= 4 is 0 Å². The summed E-state index contributed by atoms with van der Waals surface area (Å²) >= 11 is 0. The number of benzene rings is 1. The second kappa shape index (κ2) is 6.62. The Balaban J connectivity index is 2.44. The van der Waals surface area contributed by atoms with E-state index in [9.17, 15) is 5.11 Å². The number of hydrogen-bond acceptors (Lipinski definition) is 3. The summed E-state index contributed by atoms with van der Waals surface area (Å²) in [5.41, 5.74) is 1.08. The van der Waals surface area contributed by atoms with Gasteiger partial charge >= 0.3 is 0 Å². The fourth-order valence-corrected chi connectivity index (χ4v) is 1.59. The normalized spacial score (nSPS) is 14.7. The molecule has 0 radical (unpaired) electrons. The highest BCUT2D eigenvalue weighted by molar-refractivity contribution is 5.26. The molecule has 0 aromatic heterocycles. The van der Waals surface area contributed by atoms with Crippen LogP contribution in [0.25, 0.3) is 0 Å². The van der Waals surface area contributed by atoms with Crippen LogP contribution >= 0.6 is 0 Å². The number of rotatable bonds is 6. The first-order valence-electron chi connectivity index (χ1n) is 5.97. The van der Waals surface area contributed by atoms with Gasteiger partial charge in [0, 0.05) is 0 Å². The molecule has 17 heavy (non-hydrogen) atoms. The minimum absolute atomic E-state index is 0.155. The SMILES string of the molecule is COc1ccc(COC(C)C(O)C(C)C)cc1. The minimum atomic E-state index is -0.423. The zero-order valence-corrected chi connectivity index (χ0v) is 11.0. The van der Waals surface area contributed by atoms with E-state index < -0.39 is 6.10 Å². The van der Waals surface area contributed by atoms with Gasteiger partial charge in [0.15, 0.2) is 0 Å². The van der Waals surface area contributed by atoms with Gasteiger partial charge in [-0.25, -0.2) is 0 Å². The number of methoxy groups -OCH3 is 1. The summed E-state index contributed by atoms with van der Waals surface area (Å²) in [4.78, 5) is 0. The molecule has 0 aliphatic heterocycles. The molecule has 1 aromatic carbocycles. The van der Waals surface area contributed by atoms with Crippen LogP contribution in [0.5, 0.6) is 5.75 Å². The van der Waals surface area contributed by atoms with E-state index in [1.807, 2.05) is 45.0 Å². The molecule has 0 saturated carbocycles. The number of aliphatic hydroxyl groups excluding tert-OH is 1. The summed E-state index contributed by atoms with van der Waals surface area (Å²) < 4.78 is 10.7. The quantitative estimate of drug-likeness (QED) is 0.828. The minimum Gasteiger partial charge on any atom is -0.497 e. The van der Waals surface area contributed by atoms with E-state index in [1.165, 1.54) is 0 Å². The summed E-state index contributed by atoms with van der Waals surface area (Å²) in [5, 5.41) is 9.81. The predicted octanol–water partition coefficient (Wildman–Crippen LogP) is 2.62. The fraction of sp³-hybridized carbons (Fsp3) is 0.571. The lowest BCUT2D eigenvalue weighted by Crippen LogP contribution is -2.30. The highest BCUT2D eigenvalue weighted by Gasteiger charge is 2.18. The van der Waals surface area contributed by atoms with Crippen molar-refractivity contribution in [1.82, 2.24) is 0 Å². The summed E-state index contributed by atoms with van der Waals surface area (Å²) in [6, 6.07) is 7.74. The van der Waals surface area contributed by atoms with Gasteiger partial charge in [-0.15, -0.1) is 0 Å². The number of ether oxygens (including phenoxy) is 2. The van der Waals surface area contributed by atoms with Crippen molar-refractivity contribution in [3.05, 3.63) is 29.8 Å². The standard InChI is InChI=1S/C14H22O3/c1-10(2)14(15)11(3)17-9-12-5-7-13(16-4)8-6-12/h5-8,10-11,14-15H,9H2,1-4H3. The smallest absolute Gasteiger partial charge is 0.118 e. The molecule has 1 aromatic rings. The third-order valence-electron chi connectivity index (χ3n) is 2.84. The van der Waals surface area contributed by atoms with E-state index >= 15 is 0 Å². The van der Waals surface area contributed by atoms with Crippen molar-refractivity contribution in [2.45, 2.75) is 39.6 Å². The largest absolute Gasteiger partial charge is 0.497 e. The van der Waals surface area contributed by atoms with Gasteiger partial charge in [0.2, 0.25) is 0 Å². The molecular formula is C14H22O3. The van der Waals surface area contributed by atoms with Crippen LogP contribution in [0, 0.1) is 5.92 Å². The van der Waals surface area contributed by atoms with Gasteiger partial charge in [0.1, 0.15) is 5.75 Å². The first-order chi connectivity index (χ1) is 8.04. The summed E-state index contributed by atoms with van der Waals surface area (Å²) in [5.74, 6) is 1.05. The van der Waals surface area contributed by atoms with Gasteiger partial charge in [-0.3, -0.25) is 0 Å². The molecule has 0 aliphatic carbocycles. The van der Waals surface area contributed by atoms with Crippen molar-refractivity contribution < 1.29 is 14.6 Å². The average Bonchev–Trinajstić information content (AvgIpc) is 2.35. The molecule has 0 bridgehead atoms. The van der Waals surface area contributed by atoms with Crippen LogP contribution in [0.4, 0.5) is 0 Å². The van der Waals surface area contributed by atoms with Gasteiger partial charge in [-0.1, -0.05) is 26.0 Å². The highest BCUT2D eigenvalue weighted by Crippen LogP contribution is 2.14. The van der Waals surface area contributed by atoms with Crippen molar-refractivity contribution in [1.29, 1.82) is 0 Å². The Labute approximate surface area is 103 Å². The van der Waals surface area contributed by atoms with E-state index in [0.29, 0.717) is 6.61 Å². The molecule has 0 saturated heterocycles. The second-order valence-corrected chi connectivity index (χ2v) is 4.60. The molecule has 0 amide bonds. The molecule has 0 spiro atoms.